The molecule has 0 aliphatic carbocycles. The number of ether oxygens (including phenoxy) is 1. The first kappa shape index (κ1) is 21.1. The number of rotatable bonds is 4. The van der Waals surface area contributed by atoms with E-state index in [1.165, 1.54) is 37.4 Å². The lowest BCUT2D eigenvalue weighted by molar-refractivity contribution is -0.137. The largest absolute Gasteiger partial charge is 0.496 e. The Balaban J connectivity index is 1.74. The summed E-state index contributed by atoms with van der Waals surface area (Å²) < 4.78 is 65.7. The van der Waals surface area contributed by atoms with E-state index in [1.807, 2.05) is 6.92 Å². The molecular formula is C22H21F4N3O2. The van der Waals surface area contributed by atoms with Gasteiger partial charge < -0.3 is 14.2 Å². The molecular weight excluding hydrogens is 414 g/mol. The zero-order valence-corrected chi connectivity index (χ0v) is 17.0. The second-order valence-corrected chi connectivity index (χ2v) is 7.54. The van der Waals surface area contributed by atoms with Crippen molar-refractivity contribution < 1.29 is 26.8 Å². The fourth-order valence-electron chi connectivity index (χ4n) is 3.91. The molecule has 3 aromatic rings. The van der Waals surface area contributed by atoms with Gasteiger partial charge in [-0.05, 0) is 62.6 Å². The predicted octanol–water partition coefficient (Wildman–Crippen LogP) is 5.95. The van der Waals surface area contributed by atoms with Crippen molar-refractivity contribution >= 4 is 5.69 Å². The van der Waals surface area contributed by atoms with Crippen molar-refractivity contribution in [2.24, 2.45) is 0 Å². The molecule has 2 aromatic carbocycles. The number of nitrogens with zero attached hydrogens (tertiary/aromatic N) is 3. The van der Waals surface area contributed by atoms with E-state index in [1.54, 1.807) is 4.90 Å². The molecule has 0 radical (unpaired) electrons. The van der Waals surface area contributed by atoms with Gasteiger partial charge in [0.25, 0.3) is 5.89 Å². The maximum Gasteiger partial charge on any atom is 0.418 e. The smallest absolute Gasteiger partial charge is 0.418 e. The van der Waals surface area contributed by atoms with Crippen LogP contribution in [0.25, 0.3) is 22.8 Å². The Hall–Kier alpha value is -3.10. The third-order valence-electron chi connectivity index (χ3n) is 5.49. The number of piperidine rings is 1. The van der Waals surface area contributed by atoms with Crippen molar-refractivity contribution in [2.45, 2.75) is 38.4 Å². The molecule has 1 aromatic heterocycles. The van der Waals surface area contributed by atoms with Crippen LogP contribution in [0.1, 0.15) is 31.7 Å². The molecule has 1 saturated heterocycles. The van der Waals surface area contributed by atoms with Gasteiger partial charge in [-0.25, -0.2) is 4.39 Å². The van der Waals surface area contributed by atoms with Gasteiger partial charge >= 0.3 is 6.18 Å². The number of hydrogen-bond donors (Lipinski definition) is 0. The topological polar surface area (TPSA) is 51.4 Å². The molecule has 5 nitrogen and oxygen atoms in total. The summed E-state index contributed by atoms with van der Waals surface area (Å²) in [6.07, 6.45) is -1.84. The number of aromatic nitrogens is 2. The lowest BCUT2D eigenvalue weighted by atomic mass is 9.99. The van der Waals surface area contributed by atoms with E-state index < -0.39 is 17.6 Å². The first-order valence-corrected chi connectivity index (χ1v) is 9.94. The maximum absolute atomic E-state index is 13.9. The molecule has 31 heavy (non-hydrogen) atoms. The fourth-order valence-corrected chi connectivity index (χ4v) is 3.91. The summed E-state index contributed by atoms with van der Waals surface area (Å²) in [4.78, 5) is 5.97. The third kappa shape index (κ3) is 4.22. The highest BCUT2D eigenvalue weighted by atomic mass is 19.4. The summed E-state index contributed by atoms with van der Waals surface area (Å²) in [5, 5.41) is 3.80. The highest BCUT2D eigenvalue weighted by Crippen LogP contribution is 2.41. The van der Waals surface area contributed by atoms with Crippen molar-refractivity contribution in [2.75, 3.05) is 18.6 Å². The highest BCUT2D eigenvalue weighted by Gasteiger charge is 2.37. The van der Waals surface area contributed by atoms with Gasteiger partial charge in [-0.2, -0.15) is 18.2 Å². The minimum atomic E-state index is -4.54. The normalized spacial score (nSPS) is 17.1. The second kappa shape index (κ2) is 8.20. The van der Waals surface area contributed by atoms with Crippen molar-refractivity contribution in [3.05, 3.63) is 47.8 Å². The number of anilines is 1. The molecule has 1 aliphatic heterocycles. The molecule has 1 atom stereocenters. The first-order chi connectivity index (χ1) is 14.8. The van der Waals surface area contributed by atoms with E-state index in [2.05, 4.69) is 10.1 Å². The summed E-state index contributed by atoms with van der Waals surface area (Å²) in [7, 11) is 1.41. The lowest BCUT2D eigenvalue weighted by Crippen LogP contribution is -2.38. The maximum atomic E-state index is 13.9. The van der Waals surface area contributed by atoms with Crippen molar-refractivity contribution in [3.63, 3.8) is 0 Å². The van der Waals surface area contributed by atoms with Crippen LogP contribution in [-0.4, -0.2) is 29.8 Å². The Bertz CT molecular complexity index is 1080. The van der Waals surface area contributed by atoms with Gasteiger partial charge in [-0.3, -0.25) is 0 Å². The van der Waals surface area contributed by atoms with Gasteiger partial charge in [0.1, 0.15) is 11.6 Å². The van der Waals surface area contributed by atoms with Crippen LogP contribution in [-0.2, 0) is 6.18 Å². The molecule has 164 valence electrons. The average molecular weight is 435 g/mol. The minimum Gasteiger partial charge on any atom is -0.496 e. The Labute approximate surface area is 176 Å². The van der Waals surface area contributed by atoms with E-state index in [-0.39, 0.29) is 34.6 Å². The first-order valence-electron chi connectivity index (χ1n) is 9.94. The van der Waals surface area contributed by atoms with E-state index in [4.69, 9.17) is 9.26 Å². The zero-order chi connectivity index (χ0) is 22.2. The second-order valence-electron chi connectivity index (χ2n) is 7.54. The van der Waals surface area contributed by atoms with Gasteiger partial charge in [0.05, 0.1) is 18.2 Å². The predicted molar refractivity (Wildman–Crippen MR) is 107 cm³/mol. The molecule has 0 saturated carbocycles. The zero-order valence-electron chi connectivity index (χ0n) is 17.0. The molecule has 4 rings (SSSR count). The van der Waals surface area contributed by atoms with Gasteiger partial charge in [-0.1, -0.05) is 5.16 Å². The molecule has 2 heterocycles. The quantitative estimate of drug-likeness (QED) is 0.474. The minimum absolute atomic E-state index is 0.0219. The SMILES string of the molecule is COc1ccc(F)cc1-c1noc(-c2ccc(N3CCCCC3C)c(C(F)(F)F)c2)n1. The molecule has 0 spiro atoms. The summed E-state index contributed by atoms with van der Waals surface area (Å²) in [6.45, 7) is 2.51. The Morgan fingerprint density at radius 2 is 1.94 bits per heavy atom. The van der Waals surface area contributed by atoms with Gasteiger partial charge in [0, 0.05) is 23.8 Å². The Morgan fingerprint density at radius 1 is 1.13 bits per heavy atom. The molecule has 1 fully saturated rings. The molecule has 1 unspecified atom stereocenters. The number of halogens is 4. The van der Waals surface area contributed by atoms with Crippen LogP contribution in [0.2, 0.25) is 0 Å². The summed E-state index contributed by atoms with van der Waals surface area (Å²) in [5.74, 6) is -0.278. The third-order valence-corrected chi connectivity index (χ3v) is 5.49. The summed E-state index contributed by atoms with van der Waals surface area (Å²) in [5.41, 5.74) is -0.223. The van der Waals surface area contributed by atoms with Gasteiger partial charge in [-0.15, -0.1) is 0 Å². The lowest BCUT2D eigenvalue weighted by Gasteiger charge is -2.37. The van der Waals surface area contributed by atoms with Gasteiger partial charge in [0.2, 0.25) is 5.82 Å². The van der Waals surface area contributed by atoms with E-state index in [9.17, 15) is 17.6 Å². The molecule has 1 aliphatic rings. The number of methoxy groups -OCH3 is 1. The fraction of sp³-hybridized carbons (Fsp3) is 0.364. The van der Waals surface area contributed by atoms with Crippen LogP contribution >= 0.6 is 0 Å². The van der Waals surface area contributed by atoms with Crippen LogP contribution in [0.4, 0.5) is 23.2 Å². The molecule has 0 N–H and O–H groups in total. The highest BCUT2D eigenvalue weighted by molar-refractivity contribution is 5.68. The molecule has 0 amide bonds. The standard InChI is InChI=1S/C22H21F4N3O2/c1-13-5-3-4-10-29(13)18-8-6-14(11-17(18)22(24,25)26)21-27-20(28-31-21)16-12-15(23)7-9-19(16)30-2/h6-9,11-13H,3-5,10H2,1-2H3. The van der Waals surface area contributed by atoms with Crippen molar-refractivity contribution in [3.8, 4) is 28.6 Å². The number of hydrogen-bond acceptors (Lipinski definition) is 5. The average Bonchev–Trinajstić information content (AvgIpc) is 3.23. The van der Waals surface area contributed by atoms with E-state index in [0.29, 0.717) is 12.3 Å². The van der Waals surface area contributed by atoms with Crippen LogP contribution in [0.3, 0.4) is 0 Å². The number of benzene rings is 2. The van der Waals surface area contributed by atoms with E-state index in [0.717, 1.165) is 25.3 Å². The van der Waals surface area contributed by atoms with Crippen LogP contribution < -0.4 is 9.64 Å². The molecule has 0 bridgehead atoms. The molecule has 9 heteroatoms. The summed E-state index contributed by atoms with van der Waals surface area (Å²) >= 11 is 0. The van der Waals surface area contributed by atoms with E-state index >= 15 is 0 Å². The number of alkyl halides is 3. The van der Waals surface area contributed by atoms with Gasteiger partial charge in [0.15, 0.2) is 0 Å². The van der Waals surface area contributed by atoms with Crippen molar-refractivity contribution in [1.82, 2.24) is 10.1 Å². The Kier molecular flexibility index (Phi) is 5.60. The monoisotopic (exact) mass is 435 g/mol. The summed E-state index contributed by atoms with van der Waals surface area (Å²) in [6, 6.07) is 7.84. The van der Waals surface area contributed by atoms with Crippen LogP contribution in [0.5, 0.6) is 5.75 Å². The van der Waals surface area contributed by atoms with Crippen LogP contribution in [0.15, 0.2) is 40.9 Å². The van der Waals surface area contributed by atoms with Crippen LogP contribution in [0, 0.1) is 5.82 Å². The van der Waals surface area contributed by atoms with Crippen molar-refractivity contribution in [1.29, 1.82) is 0 Å². The Morgan fingerprint density at radius 3 is 2.65 bits per heavy atom.